The van der Waals surface area contributed by atoms with Crippen LogP contribution in [0.3, 0.4) is 0 Å². The van der Waals surface area contributed by atoms with Gasteiger partial charge >= 0.3 is 0 Å². The normalized spacial score (nSPS) is 11.7. The van der Waals surface area contributed by atoms with Crippen molar-refractivity contribution in [1.29, 1.82) is 0 Å². The van der Waals surface area contributed by atoms with Gasteiger partial charge in [0.25, 0.3) is 0 Å². The zero-order valence-corrected chi connectivity index (χ0v) is 17.4. The second-order valence-corrected chi connectivity index (χ2v) is 8.82. The molecule has 6 nitrogen and oxygen atoms in total. The van der Waals surface area contributed by atoms with E-state index < -0.39 is 0 Å². The third kappa shape index (κ3) is 5.40. The number of benzene rings is 2. The molecule has 1 amide bonds. The lowest BCUT2D eigenvalue weighted by Crippen LogP contribution is -2.22. The Hall–Kier alpha value is -2.71. The van der Waals surface area contributed by atoms with Crippen molar-refractivity contribution >= 4 is 51.3 Å². The molecule has 0 aliphatic carbocycles. The molecule has 8 heteroatoms. The molecule has 0 aliphatic rings. The van der Waals surface area contributed by atoms with E-state index in [9.17, 15) is 9.59 Å². The number of hydrogen-bond acceptors (Lipinski definition) is 7. The molecule has 0 saturated heterocycles. The maximum absolute atomic E-state index is 12.5. The first-order valence-corrected chi connectivity index (χ1v) is 10.4. The molecule has 0 bridgehead atoms. The number of carbonyl (C=O) groups excluding carboxylic acids is 2. The minimum absolute atomic E-state index is 0.0407. The van der Waals surface area contributed by atoms with Crippen LogP contribution < -0.4 is 10.6 Å². The van der Waals surface area contributed by atoms with E-state index in [0.29, 0.717) is 20.7 Å². The standard InChI is InChI=1S/C20H20N4O2S2/c1-12-6-4-8-16(10-12)22-19-23-24-20(28-19)27-14(3)18(26)21-17-9-5-7-15(11-17)13(2)25/h4-11,14H,1-3H3,(H,21,26)(H,22,23)/t14-/m0/s1. The monoisotopic (exact) mass is 412 g/mol. The van der Waals surface area contributed by atoms with Gasteiger partial charge in [0.15, 0.2) is 10.1 Å². The van der Waals surface area contributed by atoms with E-state index in [1.807, 2.05) is 38.1 Å². The number of amides is 1. The van der Waals surface area contributed by atoms with Crippen LogP contribution in [0.1, 0.15) is 29.8 Å². The maximum atomic E-state index is 12.5. The van der Waals surface area contributed by atoms with Crippen LogP contribution in [0.25, 0.3) is 0 Å². The van der Waals surface area contributed by atoms with E-state index >= 15 is 0 Å². The molecule has 1 heterocycles. The van der Waals surface area contributed by atoms with Gasteiger partial charge in [-0.15, -0.1) is 10.2 Å². The number of nitrogens with zero attached hydrogens (tertiary/aromatic N) is 2. The van der Waals surface area contributed by atoms with E-state index in [1.165, 1.54) is 30.0 Å². The largest absolute Gasteiger partial charge is 0.330 e. The number of ketones is 1. The quantitative estimate of drug-likeness (QED) is 0.424. The Kier molecular flexibility index (Phi) is 6.43. The van der Waals surface area contributed by atoms with Crippen molar-refractivity contribution in [3.63, 3.8) is 0 Å². The fraction of sp³-hybridized carbons (Fsp3) is 0.200. The van der Waals surface area contributed by atoms with Crippen LogP contribution in [0.4, 0.5) is 16.5 Å². The number of thioether (sulfide) groups is 1. The van der Waals surface area contributed by atoms with Crippen LogP contribution in [-0.4, -0.2) is 27.1 Å². The van der Waals surface area contributed by atoms with Crippen LogP contribution in [0.2, 0.25) is 0 Å². The van der Waals surface area contributed by atoms with Gasteiger partial charge in [-0.3, -0.25) is 9.59 Å². The third-order valence-electron chi connectivity index (χ3n) is 3.86. The van der Waals surface area contributed by atoms with E-state index in [1.54, 1.807) is 24.3 Å². The lowest BCUT2D eigenvalue weighted by molar-refractivity contribution is -0.115. The van der Waals surface area contributed by atoms with Gasteiger partial charge in [0.05, 0.1) is 5.25 Å². The van der Waals surface area contributed by atoms with E-state index in [0.717, 1.165) is 11.3 Å². The topological polar surface area (TPSA) is 84.0 Å². The molecule has 28 heavy (non-hydrogen) atoms. The second-order valence-electron chi connectivity index (χ2n) is 6.25. The summed E-state index contributed by atoms with van der Waals surface area (Å²) in [5, 5.41) is 14.7. The molecule has 1 aromatic heterocycles. The predicted octanol–water partition coefficient (Wildman–Crippen LogP) is 4.91. The fourth-order valence-corrected chi connectivity index (χ4v) is 4.34. The van der Waals surface area contributed by atoms with Gasteiger partial charge in [-0.25, -0.2) is 0 Å². The summed E-state index contributed by atoms with van der Waals surface area (Å²) in [4.78, 5) is 23.9. The number of rotatable bonds is 7. The van der Waals surface area contributed by atoms with Gasteiger partial charge in [-0.2, -0.15) is 0 Å². The number of nitrogens with one attached hydrogen (secondary N) is 2. The molecule has 2 N–H and O–H groups in total. The first-order chi connectivity index (χ1) is 13.4. The lowest BCUT2D eigenvalue weighted by Gasteiger charge is -2.10. The summed E-state index contributed by atoms with van der Waals surface area (Å²) in [7, 11) is 0. The predicted molar refractivity (Wildman–Crippen MR) is 115 cm³/mol. The van der Waals surface area contributed by atoms with Crippen molar-refractivity contribution in [2.24, 2.45) is 0 Å². The molecule has 0 spiro atoms. The highest BCUT2D eigenvalue weighted by Crippen LogP contribution is 2.31. The Morgan fingerprint density at radius 3 is 2.57 bits per heavy atom. The van der Waals surface area contributed by atoms with Gasteiger partial charge in [-0.1, -0.05) is 47.4 Å². The van der Waals surface area contributed by atoms with Gasteiger partial charge in [-0.05, 0) is 50.6 Å². The van der Waals surface area contributed by atoms with Crippen LogP contribution in [0.5, 0.6) is 0 Å². The molecule has 3 rings (SSSR count). The smallest absolute Gasteiger partial charge is 0.237 e. The van der Waals surface area contributed by atoms with Crippen LogP contribution in [0.15, 0.2) is 52.9 Å². The Morgan fingerprint density at radius 2 is 1.82 bits per heavy atom. The number of aryl methyl sites for hydroxylation is 1. The number of hydrogen-bond donors (Lipinski definition) is 2. The highest BCUT2D eigenvalue weighted by atomic mass is 32.2. The van der Waals surface area contributed by atoms with E-state index in [2.05, 4.69) is 20.8 Å². The molecule has 144 valence electrons. The zero-order chi connectivity index (χ0) is 20.1. The Balaban J connectivity index is 1.59. The molecule has 0 fully saturated rings. The van der Waals surface area contributed by atoms with Crippen LogP contribution in [0, 0.1) is 6.92 Å². The minimum atomic E-state index is -0.360. The highest BCUT2D eigenvalue weighted by molar-refractivity contribution is 8.02. The summed E-state index contributed by atoms with van der Waals surface area (Å²) in [5.41, 5.74) is 3.27. The van der Waals surface area contributed by atoms with Crippen molar-refractivity contribution in [3.05, 3.63) is 59.7 Å². The van der Waals surface area contributed by atoms with Crippen molar-refractivity contribution in [2.45, 2.75) is 30.4 Å². The van der Waals surface area contributed by atoms with E-state index in [-0.39, 0.29) is 16.9 Å². The molecule has 0 radical (unpaired) electrons. The van der Waals surface area contributed by atoms with Gasteiger partial charge in [0.2, 0.25) is 11.0 Å². The average Bonchev–Trinajstić information content (AvgIpc) is 3.08. The summed E-state index contributed by atoms with van der Waals surface area (Å²) in [6.45, 7) is 5.33. The number of carbonyl (C=O) groups is 2. The molecule has 1 atom stereocenters. The molecule has 0 aliphatic heterocycles. The SMILES string of the molecule is CC(=O)c1cccc(NC(=O)[C@H](C)Sc2nnc(Nc3cccc(C)c3)s2)c1. The molecule has 0 saturated carbocycles. The molecule has 0 unspecified atom stereocenters. The van der Waals surface area contributed by atoms with Crippen LogP contribution >= 0.6 is 23.1 Å². The summed E-state index contributed by atoms with van der Waals surface area (Å²) < 4.78 is 0.704. The van der Waals surface area contributed by atoms with Gasteiger partial charge in [0.1, 0.15) is 0 Å². The van der Waals surface area contributed by atoms with Crippen molar-refractivity contribution < 1.29 is 9.59 Å². The molecular formula is C20H20N4O2S2. The van der Waals surface area contributed by atoms with Crippen molar-refractivity contribution in [1.82, 2.24) is 10.2 Å². The van der Waals surface area contributed by atoms with E-state index in [4.69, 9.17) is 0 Å². The third-order valence-corrected chi connectivity index (χ3v) is 5.88. The minimum Gasteiger partial charge on any atom is -0.330 e. The molecule has 2 aromatic carbocycles. The zero-order valence-electron chi connectivity index (χ0n) is 15.7. The average molecular weight is 413 g/mol. The number of aromatic nitrogens is 2. The first-order valence-electron chi connectivity index (χ1n) is 8.66. The van der Waals surface area contributed by atoms with Crippen molar-refractivity contribution in [2.75, 3.05) is 10.6 Å². The number of anilines is 3. The number of Topliss-reactive ketones (excluding diaryl/α,β-unsaturated/α-hetero) is 1. The fourth-order valence-electron chi connectivity index (χ4n) is 2.42. The molecule has 3 aromatic rings. The summed E-state index contributed by atoms with van der Waals surface area (Å²) >= 11 is 2.74. The maximum Gasteiger partial charge on any atom is 0.237 e. The first kappa shape index (κ1) is 20.0. The summed E-state index contributed by atoms with van der Waals surface area (Å²) in [6, 6.07) is 14.9. The Bertz CT molecular complexity index is 1000. The Morgan fingerprint density at radius 1 is 1.07 bits per heavy atom. The summed E-state index contributed by atoms with van der Waals surface area (Å²) in [5.74, 6) is -0.199. The second kappa shape index (κ2) is 8.99. The van der Waals surface area contributed by atoms with Crippen LogP contribution in [-0.2, 0) is 4.79 Å². The highest BCUT2D eigenvalue weighted by Gasteiger charge is 2.18. The summed E-state index contributed by atoms with van der Waals surface area (Å²) in [6.07, 6.45) is 0. The Labute approximate surface area is 171 Å². The molecular weight excluding hydrogens is 392 g/mol. The van der Waals surface area contributed by atoms with Crippen molar-refractivity contribution in [3.8, 4) is 0 Å². The lowest BCUT2D eigenvalue weighted by atomic mass is 10.1. The van der Waals surface area contributed by atoms with Gasteiger partial charge in [0, 0.05) is 16.9 Å². The van der Waals surface area contributed by atoms with Gasteiger partial charge < -0.3 is 10.6 Å².